The van der Waals surface area contributed by atoms with Gasteiger partial charge in [-0.3, -0.25) is 4.79 Å². The number of halogens is 1. The van der Waals surface area contributed by atoms with E-state index >= 15 is 0 Å². The van der Waals surface area contributed by atoms with Crippen molar-refractivity contribution < 1.29 is 19.7 Å². The minimum Gasteiger partial charge on any atom is -0.493 e. The summed E-state index contributed by atoms with van der Waals surface area (Å²) in [6.45, 7) is 2.55. The Kier molecular flexibility index (Phi) is 13.0. The van der Waals surface area contributed by atoms with Crippen molar-refractivity contribution in [3.8, 4) is 5.75 Å². The number of aliphatic hydroxyl groups is 2. The molecule has 4 nitrogen and oxygen atoms in total. The van der Waals surface area contributed by atoms with Crippen molar-refractivity contribution in [2.75, 3.05) is 6.61 Å². The number of rotatable bonds is 17. The molecule has 204 valence electrons. The maximum absolute atomic E-state index is 12.9. The molecule has 0 aromatic heterocycles. The summed E-state index contributed by atoms with van der Waals surface area (Å²) in [5, 5.41) is 22.0. The predicted molar refractivity (Wildman–Crippen MR) is 151 cm³/mol. The first-order valence-corrected chi connectivity index (χ1v) is 14.7. The zero-order valence-corrected chi connectivity index (χ0v) is 23.2. The lowest BCUT2D eigenvalue weighted by atomic mass is 9.82. The zero-order valence-electron chi connectivity index (χ0n) is 22.4. The van der Waals surface area contributed by atoms with Crippen molar-refractivity contribution in [2.45, 2.75) is 103 Å². The summed E-state index contributed by atoms with van der Waals surface area (Å²) in [4.78, 5) is 12.9. The largest absolute Gasteiger partial charge is 0.493 e. The molecular weight excluding hydrogens is 484 g/mol. The van der Waals surface area contributed by atoms with E-state index in [-0.39, 0.29) is 17.8 Å². The molecule has 5 heteroatoms. The molecule has 0 radical (unpaired) electrons. The van der Waals surface area contributed by atoms with Crippen LogP contribution in [0.1, 0.15) is 101 Å². The molecule has 2 N–H and O–H groups in total. The summed E-state index contributed by atoms with van der Waals surface area (Å²) in [5.74, 6) is 0.966. The first kappa shape index (κ1) is 29.7. The summed E-state index contributed by atoms with van der Waals surface area (Å²) in [5.41, 5.74) is 2.18. The van der Waals surface area contributed by atoms with E-state index in [0.717, 1.165) is 37.7 Å². The molecule has 1 saturated carbocycles. The first-order chi connectivity index (χ1) is 17.9. The standard InChI is InChI=1S/C32H45ClO4/c1-2-3-4-5-6-7-8-24-9-12-26(13-10-24)32(36)27(21-25-11-16-29(34)22-25)23-30(35)19-20-37-31-17-14-28(33)15-18-31/h9-10,12-15,17-18,25,27,29,32,34,36H,2-8,11,16,19-23H2,1H3/t25?,27-,29-,32+/m0/s1. The van der Waals surface area contributed by atoms with Crippen LogP contribution in [0.4, 0.5) is 0 Å². The van der Waals surface area contributed by atoms with Crippen molar-refractivity contribution in [2.24, 2.45) is 11.8 Å². The number of hydrogen-bond acceptors (Lipinski definition) is 4. The third kappa shape index (κ3) is 10.8. The van der Waals surface area contributed by atoms with Crippen LogP contribution in [0.3, 0.4) is 0 Å². The summed E-state index contributed by atoms with van der Waals surface area (Å²) in [6.07, 6.45) is 11.7. The molecule has 0 spiro atoms. The number of aliphatic hydroxyl groups excluding tert-OH is 2. The van der Waals surface area contributed by atoms with Gasteiger partial charge in [0, 0.05) is 17.9 Å². The number of unbranched alkanes of at least 4 members (excludes halogenated alkanes) is 5. The molecule has 1 fully saturated rings. The Hall–Kier alpha value is -1.88. The van der Waals surface area contributed by atoms with Gasteiger partial charge >= 0.3 is 0 Å². The molecule has 1 unspecified atom stereocenters. The number of carbonyl (C=O) groups is 1. The molecule has 0 saturated heterocycles. The highest BCUT2D eigenvalue weighted by Gasteiger charge is 2.30. The highest BCUT2D eigenvalue weighted by atomic mass is 35.5. The van der Waals surface area contributed by atoms with Gasteiger partial charge in [0.2, 0.25) is 0 Å². The molecule has 1 aliphatic carbocycles. The first-order valence-electron chi connectivity index (χ1n) is 14.3. The van der Waals surface area contributed by atoms with Crippen LogP contribution >= 0.6 is 11.6 Å². The fourth-order valence-electron chi connectivity index (χ4n) is 5.49. The number of Topliss-reactive ketones (excluding diaryl/α,β-unsaturated/α-hetero) is 1. The van der Waals surface area contributed by atoms with Crippen molar-refractivity contribution >= 4 is 17.4 Å². The molecule has 0 bridgehead atoms. The Morgan fingerprint density at radius 2 is 1.70 bits per heavy atom. The quantitative estimate of drug-likeness (QED) is 0.205. The highest BCUT2D eigenvalue weighted by Crippen LogP contribution is 2.37. The van der Waals surface area contributed by atoms with Crippen LogP contribution in [0.5, 0.6) is 5.75 Å². The van der Waals surface area contributed by atoms with Crippen LogP contribution in [0.2, 0.25) is 5.02 Å². The summed E-state index contributed by atoms with van der Waals surface area (Å²) in [6, 6.07) is 15.4. The van der Waals surface area contributed by atoms with Gasteiger partial charge in [-0.2, -0.15) is 0 Å². The van der Waals surface area contributed by atoms with Crippen LogP contribution in [0.25, 0.3) is 0 Å². The molecule has 4 atom stereocenters. The second-order valence-electron chi connectivity index (χ2n) is 10.8. The second-order valence-corrected chi connectivity index (χ2v) is 11.3. The molecular formula is C32H45ClO4. The average molecular weight is 529 g/mol. The van der Waals surface area contributed by atoms with Crippen molar-refractivity contribution in [3.63, 3.8) is 0 Å². The molecule has 0 heterocycles. The molecule has 37 heavy (non-hydrogen) atoms. The van der Waals surface area contributed by atoms with Gasteiger partial charge in [0.15, 0.2) is 0 Å². The van der Waals surface area contributed by atoms with E-state index in [4.69, 9.17) is 16.3 Å². The van der Waals surface area contributed by atoms with Gasteiger partial charge in [0.05, 0.1) is 18.8 Å². The number of carbonyl (C=O) groups excluding carboxylic acids is 1. The van der Waals surface area contributed by atoms with Crippen LogP contribution in [0, 0.1) is 11.8 Å². The molecule has 3 rings (SSSR count). The minimum absolute atomic E-state index is 0.0938. The lowest BCUT2D eigenvalue weighted by Gasteiger charge is -2.26. The summed E-state index contributed by atoms with van der Waals surface area (Å²) in [7, 11) is 0. The Labute approximate surface area is 228 Å². The Balaban J connectivity index is 1.53. The molecule has 2 aromatic rings. The lowest BCUT2D eigenvalue weighted by molar-refractivity contribution is -0.121. The third-order valence-corrected chi connectivity index (χ3v) is 7.94. The van der Waals surface area contributed by atoms with Gasteiger partial charge < -0.3 is 14.9 Å². The van der Waals surface area contributed by atoms with Crippen molar-refractivity contribution in [1.82, 2.24) is 0 Å². The van der Waals surface area contributed by atoms with E-state index < -0.39 is 6.10 Å². The van der Waals surface area contributed by atoms with Gasteiger partial charge in [-0.15, -0.1) is 0 Å². The lowest BCUT2D eigenvalue weighted by Crippen LogP contribution is -2.21. The number of aryl methyl sites for hydroxylation is 1. The smallest absolute Gasteiger partial charge is 0.136 e. The van der Waals surface area contributed by atoms with Gasteiger partial charge in [0.1, 0.15) is 11.5 Å². The van der Waals surface area contributed by atoms with Crippen molar-refractivity contribution in [3.05, 3.63) is 64.7 Å². The normalized spacial score (nSPS) is 19.0. The average Bonchev–Trinajstić information content (AvgIpc) is 3.31. The minimum atomic E-state index is -0.693. The van der Waals surface area contributed by atoms with Crippen LogP contribution in [0.15, 0.2) is 48.5 Å². The second kappa shape index (κ2) is 16.2. The number of ketones is 1. The SMILES string of the molecule is CCCCCCCCc1ccc([C@@H](O)[C@H](CC(=O)CCOc2ccc(Cl)cc2)CC2CC[C@H](O)C2)cc1. The third-order valence-electron chi connectivity index (χ3n) is 7.69. The number of ether oxygens (including phenoxy) is 1. The summed E-state index contributed by atoms with van der Waals surface area (Å²) < 4.78 is 5.70. The molecule has 2 aromatic carbocycles. The van der Waals surface area contributed by atoms with E-state index in [1.165, 1.54) is 44.1 Å². The van der Waals surface area contributed by atoms with Gasteiger partial charge in [-0.05, 0) is 85.8 Å². The molecule has 1 aliphatic rings. The monoisotopic (exact) mass is 528 g/mol. The highest BCUT2D eigenvalue weighted by molar-refractivity contribution is 6.30. The van der Waals surface area contributed by atoms with Gasteiger partial charge in [-0.1, -0.05) is 74.9 Å². The van der Waals surface area contributed by atoms with Crippen LogP contribution in [-0.2, 0) is 11.2 Å². The predicted octanol–water partition coefficient (Wildman–Crippen LogP) is 7.87. The van der Waals surface area contributed by atoms with Crippen molar-refractivity contribution in [1.29, 1.82) is 0 Å². The number of benzene rings is 2. The van der Waals surface area contributed by atoms with Crippen LogP contribution in [-0.4, -0.2) is 28.7 Å². The van der Waals surface area contributed by atoms with E-state index in [2.05, 4.69) is 19.1 Å². The van der Waals surface area contributed by atoms with Crippen LogP contribution < -0.4 is 4.74 Å². The Morgan fingerprint density at radius 1 is 1.00 bits per heavy atom. The Bertz CT molecular complexity index is 911. The van der Waals surface area contributed by atoms with E-state index in [0.29, 0.717) is 36.1 Å². The zero-order chi connectivity index (χ0) is 26.5. The topological polar surface area (TPSA) is 66.8 Å². The van der Waals surface area contributed by atoms with E-state index in [1.54, 1.807) is 24.3 Å². The maximum atomic E-state index is 12.9. The molecule has 0 amide bonds. The van der Waals surface area contributed by atoms with E-state index in [9.17, 15) is 15.0 Å². The Morgan fingerprint density at radius 3 is 2.38 bits per heavy atom. The van der Waals surface area contributed by atoms with E-state index in [1.807, 2.05) is 12.1 Å². The fourth-order valence-corrected chi connectivity index (χ4v) is 5.61. The maximum Gasteiger partial charge on any atom is 0.136 e. The summed E-state index contributed by atoms with van der Waals surface area (Å²) >= 11 is 5.92. The van der Waals surface area contributed by atoms with Gasteiger partial charge in [-0.25, -0.2) is 0 Å². The molecule has 0 aliphatic heterocycles. The fraction of sp³-hybridized carbons (Fsp3) is 0.594. The number of hydrogen-bond donors (Lipinski definition) is 2. The van der Waals surface area contributed by atoms with Gasteiger partial charge in [0.25, 0.3) is 0 Å².